The Bertz CT molecular complexity index is 1320. The number of hydrogen-bond donors (Lipinski definition) is 3. The summed E-state index contributed by atoms with van der Waals surface area (Å²) < 4.78 is 45.6. The summed E-state index contributed by atoms with van der Waals surface area (Å²) in [6, 6.07) is 7.11. The van der Waals surface area contributed by atoms with Crippen molar-refractivity contribution in [2.45, 2.75) is 6.18 Å². The molecule has 2 aromatic heterocycles. The van der Waals surface area contributed by atoms with Crippen molar-refractivity contribution in [3.8, 4) is 29.0 Å². The van der Waals surface area contributed by atoms with E-state index in [1.54, 1.807) is 13.1 Å². The molecule has 0 aliphatic rings. The minimum atomic E-state index is -4.59. The molecule has 0 bridgehead atoms. The van der Waals surface area contributed by atoms with E-state index in [4.69, 9.17) is 4.74 Å². The second-order valence-electron chi connectivity index (χ2n) is 6.84. The van der Waals surface area contributed by atoms with Crippen LogP contribution in [0.4, 0.5) is 18.9 Å². The number of rotatable bonds is 7. The standard InChI is InChI=1S/C22H18F3N5O4/c1-30-8-6-14(10-20(30)33)2-5-19(32)28-16-11-15(3-4-17(16)34-9-7-26-13-31)21-27-12-18(29-21)22(23,24)25/h3-4,6,8,10-13H,7,9H2,1H3,(H,26,31)(H,27,29)(H,28,32). The van der Waals surface area contributed by atoms with Crippen molar-refractivity contribution in [2.24, 2.45) is 7.05 Å². The van der Waals surface area contributed by atoms with Crippen LogP contribution in [0.25, 0.3) is 11.4 Å². The van der Waals surface area contributed by atoms with Crippen LogP contribution >= 0.6 is 0 Å². The van der Waals surface area contributed by atoms with Gasteiger partial charge in [-0.2, -0.15) is 13.2 Å². The highest BCUT2D eigenvalue weighted by atomic mass is 19.4. The smallest absolute Gasteiger partial charge is 0.432 e. The molecule has 0 aliphatic carbocycles. The molecule has 0 atom stereocenters. The number of amides is 2. The summed E-state index contributed by atoms with van der Waals surface area (Å²) in [5, 5.41) is 4.94. The Morgan fingerprint density at radius 3 is 2.76 bits per heavy atom. The minimum Gasteiger partial charge on any atom is -0.490 e. The number of H-pyrrole nitrogens is 1. The Morgan fingerprint density at radius 1 is 1.29 bits per heavy atom. The van der Waals surface area contributed by atoms with Crippen molar-refractivity contribution in [2.75, 3.05) is 18.5 Å². The molecule has 0 saturated carbocycles. The maximum atomic E-state index is 12.9. The number of carbonyl (C=O) groups is 2. The molecule has 12 heteroatoms. The normalized spacial score (nSPS) is 10.7. The fourth-order valence-corrected chi connectivity index (χ4v) is 2.70. The number of aryl methyl sites for hydroxylation is 1. The highest BCUT2D eigenvalue weighted by Crippen LogP contribution is 2.32. The van der Waals surface area contributed by atoms with Crippen LogP contribution in [0, 0.1) is 11.8 Å². The van der Waals surface area contributed by atoms with Crippen LogP contribution in [0.5, 0.6) is 5.75 Å². The number of halogens is 3. The number of ether oxygens (including phenoxy) is 1. The van der Waals surface area contributed by atoms with E-state index >= 15 is 0 Å². The van der Waals surface area contributed by atoms with Crippen LogP contribution in [0.1, 0.15) is 11.3 Å². The van der Waals surface area contributed by atoms with Gasteiger partial charge in [-0.3, -0.25) is 14.4 Å². The number of anilines is 1. The number of aromatic nitrogens is 3. The van der Waals surface area contributed by atoms with Gasteiger partial charge < -0.3 is 24.9 Å². The zero-order valence-corrected chi connectivity index (χ0v) is 17.7. The van der Waals surface area contributed by atoms with Gasteiger partial charge in [-0.15, -0.1) is 0 Å². The highest BCUT2D eigenvalue weighted by Gasteiger charge is 2.33. The predicted octanol–water partition coefficient (Wildman–Crippen LogP) is 1.91. The van der Waals surface area contributed by atoms with Crippen molar-refractivity contribution in [3.05, 3.63) is 64.3 Å². The number of hydrogen-bond acceptors (Lipinski definition) is 5. The number of nitrogens with zero attached hydrogens (tertiary/aromatic N) is 2. The second-order valence-corrected chi connectivity index (χ2v) is 6.84. The number of carbonyl (C=O) groups excluding carboxylic acids is 2. The maximum Gasteiger partial charge on any atom is 0.432 e. The first-order chi connectivity index (χ1) is 16.2. The monoisotopic (exact) mass is 473 g/mol. The molecule has 2 amide bonds. The van der Waals surface area contributed by atoms with Crippen LogP contribution in [-0.4, -0.2) is 40.0 Å². The third-order valence-electron chi connectivity index (χ3n) is 4.39. The maximum absolute atomic E-state index is 12.9. The molecule has 3 N–H and O–H groups in total. The van der Waals surface area contributed by atoms with E-state index in [1.807, 2.05) is 0 Å². The minimum absolute atomic E-state index is 0.0665. The van der Waals surface area contributed by atoms with Gasteiger partial charge in [0.25, 0.3) is 5.56 Å². The van der Waals surface area contributed by atoms with E-state index in [-0.39, 0.29) is 41.5 Å². The van der Waals surface area contributed by atoms with Gasteiger partial charge in [-0.05, 0) is 24.3 Å². The highest BCUT2D eigenvalue weighted by molar-refractivity contribution is 6.05. The number of aromatic amines is 1. The molecular weight excluding hydrogens is 455 g/mol. The first-order valence-electron chi connectivity index (χ1n) is 9.73. The van der Waals surface area contributed by atoms with Gasteiger partial charge in [0.15, 0.2) is 0 Å². The van der Waals surface area contributed by atoms with E-state index in [1.165, 1.54) is 35.0 Å². The molecule has 1 aromatic carbocycles. The summed E-state index contributed by atoms with van der Waals surface area (Å²) >= 11 is 0. The third kappa shape index (κ3) is 6.26. The quantitative estimate of drug-likeness (QED) is 0.275. The molecule has 3 aromatic rings. The van der Waals surface area contributed by atoms with Gasteiger partial charge in [0.05, 0.1) is 18.4 Å². The Balaban J connectivity index is 1.86. The van der Waals surface area contributed by atoms with Crippen molar-refractivity contribution in [1.82, 2.24) is 19.9 Å². The zero-order valence-electron chi connectivity index (χ0n) is 17.7. The van der Waals surface area contributed by atoms with Crippen molar-refractivity contribution < 1.29 is 27.5 Å². The van der Waals surface area contributed by atoms with E-state index in [2.05, 4.69) is 32.4 Å². The molecule has 0 fully saturated rings. The lowest BCUT2D eigenvalue weighted by Gasteiger charge is -2.12. The van der Waals surface area contributed by atoms with E-state index in [0.29, 0.717) is 18.2 Å². The largest absolute Gasteiger partial charge is 0.490 e. The number of pyridine rings is 1. The number of alkyl halides is 3. The number of benzene rings is 1. The van der Waals surface area contributed by atoms with Crippen LogP contribution < -0.4 is 20.9 Å². The summed E-state index contributed by atoms with van der Waals surface area (Å²) in [6.45, 7) is 0.257. The number of imidazole rings is 1. The SMILES string of the molecule is Cn1ccc(C#CC(=O)Nc2cc(-c3ncc(C(F)(F)F)[nH]3)ccc2OCCNC=O)cc1=O. The molecule has 176 valence electrons. The van der Waals surface area contributed by atoms with Crippen molar-refractivity contribution in [1.29, 1.82) is 0 Å². The molecule has 3 rings (SSSR count). The van der Waals surface area contributed by atoms with Gasteiger partial charge in [-0.25, -0.2) is 4.98 Å². The van der Waals surface area contributed by atoms with Gasteiger partial charge in [0.1, 0.15) is 23.9 Å². The lowest BCUT2D eigenvalue weighted by Crippen LogP contribution is -2.19. The lowest BCUT2D eigenvalue weighted by molar-refractivity contribution is -0.140. The Kier molecular flexibility index (Phi) is 7.37. The molecule has 0 unspecified atom stereocenters. The fraction of sp³-hybridized carbons (Fsp3) is 0.182. The van der Waals surface area contributed by atoms with E-state index < -0.39 is 17.8 Å². The predicted molar refractivity (Wildman–Crippen MR) is 116 cm³/mol. The molecule has 0 spiro atoms. The Hall–Kier alpha value is -4.53. The summed E-state index contributed by atoms with van der Waals surface area (Å²) in [5.74, 6) is 4.30. The molecule has 0 radical (unpaired) electrons. The lowest BCUT2D eigenvalue weighted by atomic mass is 10.1. The van der Waals surface area contributed by atoms with Crippen LogP contribution in [0.15, 0.2) is 47.5 Å². The molecule has 9 nitrogen and oxygen atoms in total. The summed E-state index contributed by atoms with van der Waals surface area (Å²) in [7, 11) is 1.57. The zero-order chi connectivity index (χ0) is 24.7. The first kappa shape index (κ1) is 24.1. The third-order valence-corrected chi connectivity index (χ3v) is 4.39. The van der Waals surface area contributed by atoms with Gasteiger partial charge in [0.2, 0.25) is 6.41 Å². The Morgan fingerprint density at radius 2 is 2.09 bits per heavy atom. The van der Waals surface area contributed by atoms with Gasteiger partial charge >= 0.3 is 12.1 Å². The van der Waals surface area contributed by atoms with Crippen LogP contribution in [0.2, 0.25) is 0 Å². The van der Waals surface area contributed by atoms with Gasteiger partial charge in [-0.1, -0.05) is 5.92 Å². The number of nitrogens with one attached hydrogen (secondary N) is 3. The summed E-state index contributed by atoms with van der Waals surface area (Å²) in [5.41, 5.74) is -0.608. The van der Waals surface area contributed by atoms with Gasteiger partial charge in [0, 0.05) is 36.4 Å². The van der Waals surface area contributed by atoms with Crippen LogP contribution in [-0.2, 0) is 22.8 Å². The average Bonchev–Trinajstić information content (AvgIpc) is 3.29. The van der Waals surface area contributed by atoms with Crippen LogP contribution in [0.3, 0.4) is 0 Å². The average molecular weight is 473 g/mol. The Labute approximate surface area is 191 Å². The van der Waals surface area contributed by atoms with E-state index in [9.17, 15) is 27.6 Å². The second kappa shape index (κ2) is 10.4. The van der Waals surface area contributed by atoms with Crippen molar-refractivity contribution >= 4 is 18.0 Å². The molecular formula is C22H18F3N5O4. The molecule has 2 heterocycles. The first-order valence-corrected chi connectivity index (χ1v) is 9.73. The van der Waals surface area contributed by atoms with E-state index in [0.717, 1.165) is 0 Å². The molecule has 34 heavy (non-hydrogen) atoms. The summed E-state index contributed by atoms with van der Waals surface area (Å²) in [4.78, 5) is 40.4. The van der Waals surface area contributed by atoms with Crippen molar-refractivity contribution in [3.63, 3.8) is 0 Å². The fourth-order valence-electron chi connectivity index (χ4n) is 2.70. The topological polar surface area (TPSA) is 118 Å². The molecule has 0 saturated heterocycles. The molecule has 0 aliphatic heterocycles. The summed E-state index contributed by atoms with van der Waals surface area (Å²) in [6.07, 6.45) is -1.92.